The fraction of sp³-hybridized carbons (Fsp3) is 0.158. The van der Waals surface area contributed by atoms with Crippen LogP contribution in [0.2, 0.25) is 0 Å². The van der Waals surface area contributed by atoms with Crippen molar-refractivity contribution in [1.29, 1.82) is 0 Å². The van der Waals surface area contributed by atoms with Gasteiger partial charge in [0.15, 0.2) is 0 Å². The molecular weight excluding hydrogens is 300 g/mol. The normalized spacial score (nSPS) is 11.4. The van der Waals surface area contributed by atoms with Crippen LogP contribution in [-0.4, -0.2) is 15.8 Å². The molecule has 24 heavy (non-hydrogen) atoms. The highest BCUT2D eigenvalue weighted by molar-refractivity contribution is 5.83. The van der Waals surface area contributed by atoms with E-state index < -0.39 is 6.03 Å². The molecule has 1 heterocycles. The van der Waals surface area contributed by atoms with Gasteiger partial charge in [-0.1, -0.05) is 68.4 Å². The van der Waals surface area contributed by atoms with E-state index in [0.29, 0.717) is 5.56 Å². The van der Waals surface area contributed by atoms with E-state index >= 15 is 0 Å². The predicted molar refractivity (Wildman–Crippen MR) is 95.6 cm³/mol. The highest BCUT2D eigenvalue weighted by atomic mass is 16.2. The summed E-state index contributed by atoms with van der Waals surface area (Å²) in [4.78, 5) is 11.3. The zero-order valence-corrected chi connectivity index (χ0v) is 13.7. The molecule has 1 amide bonds. The molecule has 0 aliphatic heterocycles. The third kappa shape index (κ3) is 2.65. The molecule has 0 atom stereocenters. The number of rotatable bonds is 3. The van der Waals surface area contributed by atoms with Crippen molar-refractivity contribution < 1.29 is 4.79 Å². The smallest absolute Gasteiger partial charge is 0.341 e. The van der Waals surface area contributed by atoms with Crippen molar-refractivity contribution in [3.05, 3.63) is 71.9 Å². The van der Waals surface area contributed by atoms with Crippen molar-refractivity contribution in [3.8, 4) is 11.1 Å². The first-order chi connectivity index (χ1) is 11.4. The Morgan fingerprint density at radius 3 is 2.12 bits per heavy atom. The number of hydrogen-bond donors (Lipinski definition) is 2. The maximum Gasteiger partial charge on any atom is 0.341 e. The van der Waals surface area contributed by atoms with Crippen LogP contribution < -0.4 is 11.5 Å². The summed E-state index contributed by atoms with van der Waals surface area (Å²) in [5, 5.41) is 3.93. The Balaban J connectivity index is 1.96. The van der Waals surface area contributed by atoms with E-state index in [1.165, 1.54) is 11.1 Å². The SMILES string of the molecule is CC(C)(c1ccccc1)c1ccc(-c2cnn(C(N)=O)c2N)cc1. The summed E-state index contributed by atoms with van der Waals surface area (Å²) >= 11 is 0. The number of amides is 1. The summed E-state index contributed by atoms with van der Waals surface area (Å²) in [6.45, 7) is 4.38. The number of hydrogen-bond acceptors (Lipinski definition) is 3. The third-order valence-corrected chi connectivity index (χ3v) is 4.43. The number of aromatic nitrogens is 2. The van der Waals surface area contributed by atoms with Crippen LogP contribution in [0.4, 0.5) is 10.6 Å². The Kier molecular flexibility index (Phi) is 3.85. The van der Waals surface area contributed by atoms with Gasteiger partial charge < -0.3 is 11.5 Å². The molecule has 0 aliphatic carbocycles. The lowest BCUT2D eigenvalue weighted by molar-refractivity contribution is 0.248. The Morgan fingerprint density at radius 1 is 1.00 bits per heavy atom. The van der Waals surface area contributed by atoms with Gasteiger partial charge in [0, 0.05) is 11.0 Å². The van der Waals surface area contributed by atoms with Crippen LogP contribution in [0.15, 0.2) is 60.8 Å². The highest BCUT2D eigenvalue weighted by Crippen LogP contribution is 2.33. The number of benzene rings is 2. The molecule has 4 N–H and O–H groups in total. The van der Waals surface area contributed by atoms with Crippen molar-refractivity contribution >= 4 is 11.8 Å². The first-order valence-electron chi connectivity index (χ1n) is 7.71. The van der Waals surface area contributed by atoms with Crippen molar-refractivity contribution in [2.75, 3.05) is 5.73 Å². The fourth-order valence-electron chi connectivity index (χ4n) is 2.84. The zero-order chi connectivity index (χ0) is 17.3. The first kappa shape index (κ1) is 15.8. The van der Waals surface area contributed by atoms with Crippen LogP contribution in [-0.2, 0) is 5.41 Å². The number of carbonyl (C=O) groups is 1. The van der Waals surface area contributed by atoms with Crippen molar-refractivity contribution in [1.82, 2.24) is 9.78 Å². The summed E-state index contributed by atoms with van der Waals surface area (Å²) in [6, 6.07) is 17.8. The topological polar surface area (TPSA) is 86.9 Å². The predicted octanol–water partition coefficient (Wildman–Crippen LogP) is 3.39. The molecule has 0 aliphatic rings. The Bertz CT molecular complexity index is 864. The van der Waals surface area contributed by atoms with Gasteiger partial charge in [-0.25, -0.2) is 4.79 Å². The van der Waals surface area contributed by atoms with Gasteiger partial charge in [-0.15, -0.1) is 0 Å². The second-order valence-electron chi connectivity index (χ2n) is 6.26. The maximum atomic E-state index is 11.3. The molecule has 0 bridgehead atoms. The van der Waals surface area contributed by atoms with E-state index in [1.54, 1.807) is 6.20 Å². The van der Waals surface area contributed by atoms with Crippen molar-refractivity contribution in [2.24, 2.45) is 5.73 Å². The molecule has 0 spiro atoms. The van der Waals surface area contributed by atoms with E-state index in [0.717, 1.165) is 10.2 Å². The molecule has 1 aromatic heterocycles. The molecule has 122 valence electrons. The highest BCUT2D eigenvalue weighted by Gasteiger charge is 2.23. The lowest BCUT2D eigenvalue weighted by Crippen LogP contribution is -2.22. The van der Waals surface area contributed by atoms with Crippen LogP contribution in [0.1, 0.15) is 25.0 Å². The number of nitrogens with two attached hydrogens (primary N) is 2. The lowest BCUT2D eigenvalue weighted by Gasteiger charge is -2.26. The van der Waals surface area contributed by atoms with Crippen LogP contribution >= 0.6 is 0 Å². The van der Waals surface area contributed by atoms with Gasteiger partial charge in [-0.3, -0.25) is 0 Å². The molecule has 0 saturated carbocycles. The largest absolute Gasteiger partial charge is 0.383 e. The molecule has 5 heteroatoms. The Labute approximate surface area is 140 Å². The minimum atomic E-state index is -0.694. The molecule has 3 aromatic rings. The molecule has 3 rings (SSSR count). The van der Waals surface area contributed by atoms with E-state index in [2.05, 4.69) is 43.2 Å². The van der Waals surface area contributed by atoms with Gasteiger partial charge in [0.1, 0.15) is 5.82 Å². The molecule has 0 fully saturated rings. The molecule has 2 aromatic carbocycles. The zero-order valence-electron chi connectivity index (χ0n) is 13.7. The van der Waals surface area contributed by atoms with Crippen molar-refractivity contribution in [3.63, 3.8) is 0 Å². The van der Waals surface area contributed by atoms with E-state index in [-0.39, 0.29) is 11.2 Å². The van der Waals surface area contributed by atoms with Gasteiger partial charge >= 0.3 is 6.03 Å². The quantitative estimate of drug-likeness (QED) is 0.775. The van der Waals surface area contributed by atoms with Crippen LogP contribution in [0, 0.1) is 0 Å². The summed E-state index contributed by atoms with van der Waals surface area (Å²) in [5.41, 5.74) is 15.1. The minimum Gasteiger partial charge on any atom is -0.383 e. The first-order valence-corrected chi connectivity index (χ1v) is 7.71. The second kappa shape index (κ2) is 5.85. The minimum absolute atomic E-state index is 0.108. The summed E-state index contributed by atoms with van der Waals surface area (Å²) in [7, 11) is 0. The van der Waals surface area contributed by atoms with E-state index in [9.17, 15) is 4.79 Å². The number of nitrogen functional groups attached to an aromatic ring is 1. The van der Waals surface area contributed by atoms with E-state index in [1.807, 2.05) is 30.3 Å². The van der Waals surface area contributed by atoms with Gasteiger partial charge in [0.25, 0.3) is 0 Å². The standard InChI is InChI=1S/C19H20N4O/c1-19(2,14-6-4-3-5-7-14)15-10-8-13(9-11-15)16-12-22-23(17(16)20)18(21)24/h3-12H,20H2,1-2H3,(H2,21,24). The average Bonchev–Trinajstić information content (AvgIpc) is 2.97. The van der Waals surface area contributed by atoms with Gasteiger partial charge in [-0.2, -0.15) is 9.78 Å². The van der Waals surface area contributed by atoms with Crippen LogP contribution in [0.25, 0.3) is 11.1 Å². The van der Waals surface area contributed by atoms with E-state index in [4.69, 9.17) is 11.5 Å². The lowest BCUT2D eigenvalue weighted by atomic mass is 9.78. The summed E-state index contributed by atoms with van der Waals surface area (Å²) in [6.07, 6.45) is 1.55. The number of carbonyl (C=O) groups excluding carboxylic acids is 1. The summed E-state index contributed by atoms with van der Waals surface area (Å²) in [5.74, 6) is 0.248. The maximum absolute atomic E-state index is 11.3. The monoisotopic (exact) mass is 320 g/mol. The molecule has 0 saturated heterocycles. The fourth-order valence-corrected chi connectivity index (χ4v) is 2.84. The Hall–Kier alpha value is -3.08. The van der Waals surface area contributed by atoms with Crippen LogP contribution in [0.3, 0.4) is 0 Å². The Morgan fingerprint density at radius 2 is 1.58 bits per heavy atom. The van der Waals surface area contributed by atoms with Gasteiger partial charge in [0.2, 0.25) is 0 Å². The number of nitrogens with zero attached hydrogens (tertiary/aromatic N) is 2. The van der Waals surface area contributed by atoms with Gasteiger partial charge in [-0.05, 0) is 16.7 Å². The summed E-state index contributed by atoms with van der Waals surface area (Å²) < 4.78 is 0.997. The molecule has 0 radical (unpaired) electrons. The second-order valence-corrected chi connectivity index (χ2v) is 6.26. The number of anilines is 1. The third-order valence-electron chi connectivity index (χ3n) is 4.43. The van der Waals surface area contributed by atoms with Crippen LogP contribution in [0.5, 0.6) is 0 Å². The van der Waals surface area contributed by atoms with Crippen molar-refractivity contribution in [2.45, 2.75) is 19.3 Å². The molecular formula is C19H20N4O. The van der Waals surface area contributed by atoms with Gasteiger partial charge in [0.05, 0.1) is 6.20 Å². The molecule has 5 nitrogen and oxygen atoms in total. The molecule has 0 unspecified atom stereocenters. The average molecular weight is 320 g/mol. The number of primary amides is 1.